The first-order valence-electron chi connectivity index (χ1n) is 10.9. The fourth-order valence-corrected chi connectivity index (χ4v) is 4.25. The highest BCUT2D eigenvalue weighted by atomic mass is 16.5. The van der Waals surface area contributed by atoms with Crippen LogP contribution in [0.3, 0.4) is 0 Å². The third-order valence-corrected chi connectivity index (χ3v) is 5.91. The first-order valence-corrected chi connectivity index (χ1v) is 10.9. The molecule has 1 amide bonds. The number of aliphatic hydroxyl groups excluding tert-OH is 1. The molecule has 0 radical (unpaired) electrons. The van der Waals surface area contributed by atoms with Gasteiger partial charge in [-0.05, 0) is 46.0 Å². The summed E-state index contributed by atoms with van der Waals surface area (Å²) in [5.74, 6) is -0.230. The van der Waals surface area contributed by atoms with Crippen molar-refractivity contribution in [3.05, 3.63) is 89.0 Å². The fraction of sp³-hybridized carbons (Fsp3) is 0.259. The highest BCUT2D eigenvalue weighted by Crippen LogP contribution is 2.30. The van der Waals surface area contributed by atoms with Crippen molar-refractivity contribution in [1.29, 1.82) is 0 Å². The van der Waals surface area contributed by atoms with Crippen molar-refractivity contribution in [3.63, 3.8) is 0 Å². The smallest absolute Gasteiger partial charge is 0.337 e. The summed E-state index contributed by atoms with van der Waals surface area (Å²) in [7, 11) is 1.36. The molecule has 4 rings (SSSR count). The molecule has 5 heteroatoms. The largest absolute Gasteiger partial charge is 0.465 e. The number of aliphatic hydroxyl groups is 1. The minimum Gasteiger partial charge on any atom is -0.465 e. The minimum atomic E-state index is -0.695. The lowest BCUT2D eigenvalue weighted by atomic mass is 9.95. The van der Waals surface area contributed by atoms with Gasteiger partial charge in [0.05, 0.1) is 18.8 Å². The molecule has 0 spiro atoms. The number of fused-ring (bicyclic) bond motifs is 1. The zero-order valence-corrected chi connectivity index (χ0v) is 18.2. The molecule has 0 saturated carbocycles. The zero-order valence-electron chi connectivity index (χ0n) is 18.2. The van der Waals surface area contributed by atoms with Crippen LogP contribution in [0, 0.1) is 0 Å². The SMILES string of the molecule is COC(=O)c1ccc(C=C(CC(O)c2cccc3ccccc23)CN2CCCC2=O)cc1. The molecule has 1 saturated heterocycles. The number of hydrogen-bond donors (Lipinski definition) is 1. The van der Waals surface area contributed by atoms with E-state index in [2.05, 4.69) is 0 Å². The number of nitrogens with zero attached hydrogens (tertiary/aromatic N) is 1. The van der Waals surface area contributed by atoms with Crippen LogP contribution in [0.2, 0.25) is 0 Å². The lowest BCUT2D eigenvalue weighted by molar-refractivity contribution is -0.127. The Morgan fingerprint density at radius 1 is 1.09 bits per heavy atom. The summed E-state index contributed by atoms with van der Waals surface area (Å²) in [5, 5.41) is 13.3. The lowest BCUT2D eigenvalue weighted by Gasteiger charge is -2.21. The van der Waals surface area contributed by atoms with Crippen LogP contribution in [0.1, 0.15) is 46.9 Å². The van der Waals surface area contributed by atoms with E-state index < -0.39 is 6.10 Å². The number of methoxy groups -OCH3 is 1. The molecule has 0 bridgehead atoms. The van der Waals surface area contributed by atoms with Crippen molar-refractivity contribution >= 4 is 28.7 Å². The molecule has 1 fully saturated rings. The van der Waals surface area contributed by atoms with Crippen LogP contribution >= 0.6 is 0 Å². The number of amides is 1. The molecular formula is C27H27NO4. The molecule has 32 heavy (non-hydrogen) atoms. The zero-order chi connectivity index (χ0) is 22.5. The van der Waals surface area contributed by atoms with Gasteiger partial charge in [0, 0.05) is 25.9 Å². The minimum absolute atomic E-state index is 0.150. The van der Waals surface area contributed by atoms with Crippen molar-refractivity contribution in [2.45, 2.75) is 25.4 Å². The molecule has 1 unspecified atom stereocenters. The summed E-state index contributed by atoms with van der Waals surface area (Å²) in [6.45, 7) is 1.22. The number of ether oxygens (including phenoxy) is 1. The van der Waals surface area contributed by atoms with Gasteiger partial charge in [-0.3, -0.25) is 4.79 Å². The third-order valence-electron chi connectivity index (χ3n) is 5.91. The van der Waals surface area contributed by atoms with Gasteiger partial charge in [-0.2, -0.15) is 0 Å². The Bertz CT molecular complexity index is 1140. The number of hydrogen-bond acceptors (Lipinski definition) is 4. The quantitative estimate of drug-likeness (QED) is 0.550. The number of benzene rings is 3. The van der Waals surface area contributed by atoms with E-state index in [4.69, 9.17) is 4.74 Å². The third kappa shape index (κ3) is 4.89. The average molecular weight is 430 g/mol. The van der Waals surface area contributed by atoms with Gasteiger partial charge in [-0.25, -0.2) is 4.79 Å². The molecule has 0 aromatic heterocycles. The Morgan fingerprint density at radius 2 is 1.84 bits per heavy atom. The molecule has 3 aromatic carbocycles. The summed E-state index contributed by atoms with van der Waals surface area (Å²) < 4.78 is 4.76. The number of likely N-dealkylation sites (tertiary alicyclic amines) is 1. The van der Waals surface area contributed by atoms with E-state index in [0.717, 1.165) is 40.4 Å². The van der Waals surface area contributed by atoms with Crippen LogP contribution in [0.25, 0.3) is 16.8 Å². The summed E-state index contributed by atoms with van der Waals surface area (Å²) in [6.07, 6.45) is 3.16. The van der Waals surface area contributed by atoms with E-state index in [1.807, 2.05) is 65.6 Å². The normalized spacial score (nSPS) is 15.2. The first kappa shape index (κ1) is 21.8. The highest BCUT2D eigenvalue weighted by molar-refractivity contribution is 5.89. The Morgan fingerprint density at radius 3 is 2.56 bits per heavy atom. The van der Waals surface area contributed by atoms with Gasteiger partial charge in [0.1, 0.15) is 0 Å². The van der Waals surface area contributed by atoms with E-state index >= 15 is 0 Å². The van der Waals surface area contributed by atoms with E-state index in [1.165, 1.54) is 7.11 Å². The maximum atomic E-state index is 12.2. The second-order valence-electron chi connectivity index (χ2n) is 8.12. The van der Waals surface area contributed by atoms with Crippen LogP contribution in [-0.4, -0.2) is 42.1 Å². The van der Waals surface area contributed by atoms with Gasteiger partial charge in [0.15, 0.2) is 0 Å². The van der Waals surface area contributed by atoms with Gasteiger partial charge in [0.2, 0.25) is 5.91 Å². The molecule has 164 valence electrons. The van der Waals surface area contributed by atoms with Crippen molar-refractivity contribution in [2.24, 2.45) is 0 Å². The van der Waals surface area contributed by atoms with Crippen LogP contribution in [0.4, 0.5) is 0 Å². The van der Waals surface area contributed by atoms with Gasteiger partial charge < -0.3 is 14.7 Å². The van der Waals surface area contributed by atoms with Gasteiger partial charge >= 0.3 is 5.97 Å². The molecule has 1 N–H and O–H groups in total. The average Bonchev–Trinajstić information content (AvgIpc) is 3.22. The molecule has 1 atom stereocenters. The lowest BCUT2D eigenvalue weighted by Crippen LogP contribution is -2.27. The van der Waals surface area contributed by atoms with E-state index in [0.29, 0.717) is 24.9 Å². The predicted octanol–water partition coefficient (Wildman–Crippen LogP) is 4.76. The van der Waals surface area contributed by atoms with Crippen LogP contribution < -0.4 is 0 Å². The van der Waals surface area contributed by atoms with Gasteiger partial charge in [0.25, 0.3) is 0 Å². The number of carbonyl (C=O) groups is 2. The van der Waals surface area contributed by atoms with Crippen molar-refractivity contribution in [2.75, 3.05) is 20.2 Å². The first-order chi connectivity index (χ1) is 15.5. The molecule has 1 aliphatic heterocycles. The van der Waals surface area contributed by atoms with Crippen LogP contribution in [-0.2, 0) is 9.53 Å². The van der Waals surface area contributed by atoms with Crippen LogP contribution in [0.5, 0.6) is 0 Å². The van der Waals surface area contributed by atoms with Crippen molar-refractivity contribution in [3.8, 4) is 0 Å². The molecule has 3 aromatic rings. The fourth-order valence-electron chi connectivity index (χ4n) is 4.25. The van der Waals surface area contributed by atoms with Crippen LogP contribution in [0.15, 0.2) is 72.3 Å². The van der Waals surface area contributed by atoms with Gasteiger partial charge in [-0.15, -0.1) is 0 Å². The maximum absolute atomic E-state index is 12.2. The maximum Gasteiger partial charge on any atom is 0.337 e. The number of esters is 1. The summed E-state index contributed by atoms with van der Waals surface area (Å²) >= 11 is 0. The molecule has 5 nitrogen and oxygen atoms in total. The van der Waals surface area contributed by atoms with E-state index in [1.54, 1.807) is 12.1 Å². The van der Waals surface area contributed by atoms with E-state index in [9.17, 15) is 14.7 Å². The molecule has 1 heterocycles. The Balaban J connectivity index is 1.62. The van der Waals surface area contributed by atoms with E-state index in [-0.39, 0.29) is 11.9 Å². The summed E-state index contributed by atoms with van der Waals surface area (Å²) in [5.41, 5.74) is 3.23. The van der Waals surface area contributed by atoms with Crippen molar-refractivity contribution < 1.29 is 19.4 Å². The molecule has 0 aliphatic carbocycles. The standard InChI is InChI=1S/C27H27NO4/c1-32-27(31)22-13-11-19(12-14-22)16-20(18-28-15-5-10-26(28)30)17-25(29)24-9-4-7-21-6-2-3-8-23(21)24/h2-4,6-9,11-14,16,25,29H,5,10,15,17-18H2,1H3. The second kappa shape index (κ2) is 9.79. The Labute approximate surface area is 187 Å². The molecule has 1 aliphatic rings. The Hall–Kier alpha value is -3.44. The Kier molecular flexibility index (Phi) is 6.66. The summed E-state index contributed by atoms with van der Waals surface area (Å²) in [4.78, 5) is 25.8. The van der Waals surface area contributed by atoms with Gasteiger partial charge in [-0.1, -0.05) is 60.7 Å². The summed E-state index contributed by atoms with van der Waals surface area (Å²) in [6, 6.07) is 21.1. The monoisotopic (exact) mass is 429 g/mol. The highest BCUT2D eigenvalue weighted by Gasteiger charge is 2.22. The number of carbonyl (C=O) groups excluding carboxylic acids is 2. The number of rotatable bonds is 7. The predicted molar refractivity (Wildman–Crippen MR) is 125 cm³/mol. The van der Waals surface area contributed by atoms with Crippen molar-refractivity contribution in [1.82, 2.24) is 4.90 Å². The molecular weight excluding hydrogens is 402 g/mol. The second-order valence-corrected chi connectivity index (χ2v) is 8.12. The topological polar surface area (TPSA) is 66.8 Å².